The smallest absolute Gasteiger partial charge is 0.220 e. The summed E-state index contributed by atoms with van der Waals surface area (Å²) in [6, 6.07) is 11.2. The molecular formula is C22H21ClN4O4S. The summed E-state index contributed by atoms with van der Waals surface area (Å²) < 4.78 is 12.7. The lowest BCUT2D eigenvalue weighted by Crippen LogP contribution is -2.12. The SMILES string of the molecule is C#CCOc1c(Cl)cc([C@H](C[N+](=O)[O-])Sc2nnc(C)n2-c2cccc(C)c2)cc1OC. The van der Waals surface area contributed by atoms with Crippen molar-refractivity contribution in [2.24, 2.45) is 0 Å². The van der Waals surface area contributed by atoms with Crippen LogP contribution in [0.1, 0.15) is 22.2 Å². The number of hydrogen-bond acceptors (Lipinski definition) is 7. The third-order valence-electron chi connectivity index (χ3n) is 4.54. The first-order valence-electron chi connectivity index (χ1n) is 9.55. The van der Waals surface area contributed by atoms with Gasteiger partial charge in [-0.3, -0.25) is 14.7 Å². The molecule has 0 N–H and O–H groups in total. The van der Waals surface area contributed by atoms with E-state index in [-0.39, 0.29) is 23.1 Å². The van der Waals surface area contributed by atoms with E-state index in [4.69, 9.17) is 27.5 Å². The minimum Gasteiger partial charge on any atom is -0.493 e. The Balaban J connectivity index is 2.02. The number of methoxy groups -OCH3 is 1. The fraction of sp³-hybridized carbons (Fsp3) is 0.273. The number of halogens is 1. The van der Waals surface area contributed by atoms with E-state index in [0.717, 1.165) is 11.3 Å². The summed E-state index contributed by atoms with van der Waals surface area (Å²) >= 11 is 7.63. The summed E-state index contributed by atoms with van der Waals surface area (Å²) in [4.78, 5) is 11.1. The molecule has 0 saturated carbocycles. The molecule has 0 amide bonds. The van der Waals surface area contributed by atoms with Crippen LogP contribution in [0.4, 0.5) is 0 Å². The van der Waals surface area contributed by atoms with Gasteiger partial charge in [0.15, 0.2) is 16.7 Å². The topological polar surface area (TPSA) is 92.3 Å². The molecule has 2 aromatic carbocycles. The second-order valence-corrected chi connectivity index (χ2v) is 8.43. The fourth-order valence-electron chi connectivity index (χ4n) is 3.14. The predicted molar refractivity (Wildman–Crippen MR) is 124 cm³/mol. The monoisotopic (exact) mass is 472 g/mol. The van der Waals surface area contributed by atoms with Gasteiger partial charge >= 0.3 is 0 Å². The van der Waals surface area contributed by atoms with Crippen molar-refractivity contribution in [3.05, 3.63) is 68.5 Å². The highest BCUT2D eigenvalue weighted by molar-refractivity contribution is 7.99. The molecule has 1 aromatic heterocycles. The van der Waals surface area contributed by atoms with Crippen molar-refractivity contribution >= 4 is 23.4 Å². The average Bonchev–Trinajstić information content (AvgIpc) is 3.11. The van der Waals surface area contributed by atoms with Crippen molar-refractivity contribution in [2.75, 3.05) is 20.3 Å². The molecule has 3 rings (SSSR count). The van der Waals surface area contributed by atoms with Crippen LogP contribution >= 0.6 is 23.4 Å². The van der Waals surface area contributed by atoms with E-state index in [0.29, 0.717) is 28.0 Å². The molecule has 166 valence electrons. The van der Waals surface area contributed by atoms with E-state index < -0.39 is 5.25 Å². The Morgan fingerprint density at radius 2 is 2.09 bits per heavy atom. The minimum absolute atomic E-state index is 0.0153. The van der Waals surface area contributed by atoms with Gasteiger partial charge in [0.05, 0.1) is 12.1 Å². The van der Waals surface area contributed by atoms with Gasteiger partial charge in [-0.25, -0.2) is 0 Å². The molecular weight excluding hydrogens is 452 g/mol. The number of nitro groups is 1. The van der Waals surface area contributed by atoms with E-state index in [1.54, 1.807) is 12.1 Å². The first-order chi connectivity index (χ1) is 15.3. The van der Waals surface area contributed by atoms with Crippen molar-refractivity contribution in [1.82, 2.24) is 14.8 Å². The lowest BCUT2D eigenvalue weighted by molar-refractivity contribution is -0.479. The molecule has 0 aliphatic rings. The third kappa shape index (κ3) is 5.33. The highest BCUT2D eigenvalue weighted by atomic mass is 35.5. The predicted octanol–water partition coefficient (Wildman–Crippen LogP) is 4.67. The Kier molecular flexibility index (Phi) is 7.62. The van der Waals surface area contributed by atoms with Crippen LogP contribution in [0, 0.1) is 36.3 Å². The first-order valence-corrected chi connectivity index (χ1v) is 10.8. The molecule has 10 heteroatoms. The number of thioether (sulfide) groups is 1. The number of terminal acetylenes is 1. The Labute approximate surface area is 195 Å². The molecule has 0 bridgehead atoms. The maximum atomic E-state index is 11.5. The zero-order valence-corrected chi connectivity index (χ0v) is 19.3. The molecule has 0 aliphatic heterocycles. The van der Waals surface area contributed by atoms with Crippen LogP contribution < -0.4 is 9.47 Å². The number of benzene rings is 2. The van der Waals surface area contributed by atoms with E-state index >= 15 is 0 Å². The van der Waals surface area contributed by atoms with Crippen LogP contribution in [-0.4, -0.2) is 39.9 Å². The van der Waals surface area contributed by atoms with Crippen molar-refractivity contribution < 1.29 is 14.4 Å². The Morgan fingerprint density at radius 1 is 1.31 bits per heavy atom. The molecule has 8 nitrogen and oxygen atoms in total. The fourth-order valence-corrected chi connectivity index (χ4v) is 4.56. The van der Waals surface area contributed by atoms with Crippen molar-refractivity contribution in [2.45, 2.75) is 24.3 Å². The highest BCUT2D eigenvalue weighted by Gasteiger charge is 2.26. The minimum atomic E-state index is -0.606. The summed E-state index contributed by atoms with van der Waals surface area (Å²) in [5.74, 6) is 3.68. The molecule has 0 spiro atoms. The second kappa shape index (κ2) is 10.4. The van der Waals surface area contributed by atoms with Crippen LogP contribution in [0.5, 0.6) is 11.5 Å². The van der Waals surface area contributed by atoms with Crippen molar-refractivity contribution in [3.63, 3.8) is 0 Å². The van der Waals surface area contributed by atoms with Gasteiger partial charge < -0.3 is 9.47 Å². The Morgan fingerprint density at radius 3 is 2.75 bits per heavy atom. The highest BCUT2D eigenvalue weighted by Crippen LogP contribution is 2.43. The molecule has 0 aliphatic carbocycles. The number of aromatic nitrogens is 3. The van der Waals surface area contributed by atoms with Crippen LogP contribution in [0.25, 0.3) is 5.69 Å². The molecule has 0 unspecified atom stereocenters. The van der Waals surface area contributed by atoms with Crippen LogP contribution in [0.3, 0.4) is 0 Å². The largest absolute Gasteiger partial charge is 0.493 e. The molecule has 0 radical (unpaired) electrons. The Hall–Kier alpha value is -3.22. The normalized spacial score (nSPS) is 11.6. The number of rotatable bonds is 9. The number of ether oxygens (including phenoxy) is 2. The number of nitrogens with zero attached hydrogens (tertiary/aromatic N) is 4. The second-order valence-electron chi connectivity index (χ2n) is 6.85. The molecule has 1 heterocycles. The van der Waals surface area contributed by atoms with Crippen LogP contribution in [-0.2, 0) is 0 Å². The van der Waals surface area contributed by atoms with Gasteiger partial charge in [0.25, 0.3) is 0 Å². The van der Waals surface area contributed by atoms with E-state index in [2.05, 4.69) is 16.1 Å². The van der Waals surface area contributed by atoms with Crippen molar-refractivity contribution in [3.8, 4) is 29.5 Å². The first kappa shape index (κ1) is 23.4. The number of aryl methyl sites for hydroxylation is 2. The quantitative estimate of drug-likeness (QED) is 0.193. The van der Waals surface area contributed by atoms with Gasteiger partial charge in [0, 0.05) is 10.6 Å². The molecule has 0 fully saturated rings. The van der Waals surface area contributed by atoms with E-state index in [1.165, 1.54) is 18.9 Å². The molecule has 1 atom stereocenters. The summed E-state index contributed by atoms with van der Waals surface area (Å²) in [5, 5.41) is 20.1. The number of hydrogen-bond donors (Lipinski definition) is 0. The van der Waals surface area contributed by atoms with E-state index in [9.17, 15) is 10.1 Å². The van der Waals surface area contributed by atoms with Crippen molar-refractivity contribution in [1.29, 1.82) is 0 Å². The van der Waals surface area contributed by atoms with Gasteiger partial charge in [-0.1, -0.05) is 41.4 Å². The maximum Gasteiger partial charge on any atom is 0.220 e. The average molecular weight is 473 g/mol. The van der Waals surface area contributed by atoms with Gasteiger partial charge in [-0.15, -0.1) is 16.6 Å². The molecule has 0 saturated heterocycles. The third-order valence-corrected chi connectivity index (χ3v) is 6.00. The standard InChI is InChI=1S/C22H21ClN4O4S/c1-5-9-31-21-18(23)11-16(12-19(21)30-4)20(13-26(28)29)32-22-25-24-15(3)27(22)17-8-6-7-14(2)10-17/h1,6-8,10-12,20H,9,13H2,2-4H3/t20-/m0/s1. The summed E-state index contributed by atoms with van der Waals surface area (Å²) in [6.07, 6.45) is 5.26. The van der Waals surface area contributed by atoms with Gasteiger partial charge in [0.1, 0.15) is 17.7 Å². The zero-order chi connectivity index (χ0) is 23.3. The van der Waals surface area contributed by atoms with E-state index in [1.807, 2.05) is 42.7 Å². The van der Waals surface area contributed by atoms with Gasteiger partial charge in [0.2, 0.25) is 6.54 Å². The van der Waals surface area contributed by atoms with Gasteiger partial charge in [-0.2, -0.15) is 0 Å². The lowest BCUT2D eigenvalue weighted by Gasteiger charge is -2.17. The Bertz CT molecular complexity index is 1180. The van der Waals surface area contributed by atoms with Crippen LogP contribution in [0.2, 0.25) is 5.02 Å². The summed E-state index contributed by atoms with van der Waals surface area (Å²) in [6.45, 7) is 3.48. The lowest BCUT2D eigenvalue weighted by atomic mass is 10.1. The molecule has 3 aromatic rings. The summed E-state index contributed by atoms with van der Waals surface area (Å²) in [5.41, 5.74) is 2.55. The molecule has 32 heavy (non-hydrogen) atoms. The zero-order valence-electron chi connectivity index (χ0n) is 17.7. The van der Waals surface area contributed by atoms with Crippen LogP contribution in [0.15, 0.2) is 41.6 Å². The van der Waals surface area contributed by atoms with Gasteiger partial charge in [-0.05, 0) is 49.2 Å². The summed E-state index contributed by atoms with van der Waals surface area (Å²) in [7, 11) is 1.46. The maximum absolute atomic E-state index is 11.5.